The van der Waals surface area contributed by atoms with Gasteiger partial charge >= 0.3 is 0 Å². The van der Waals surface area contributed by atoms with Gasteiger partial charge in [-0.15, -0.1) is 0 Å². The fourth-order valence-corrected chi connectivity index (χ4v) is 3.28. The third-order valence-electron chi connectivity index (χ3n) is 4.57. The van der Waals surface area contributed by atoms with E-state index in [-0.39, 0.29) is 16.9 Å². The summed E-state index contributed by atoms with van der Waals surface area (Å²) in [7, 11) is 2.84. The SMILES string of the molecule is COc1ccc2c(c1OC)C(=O)N(c1ccc(N3C(=O)C=CC3=O)cc1)C2=O. The van der Waals surface area contributed by atoms with Gasteiger partial charge in [0.2, 0.25) is 0 Å². The maximum atomic E-state index is 12.9. The summed E-state index contributed by atoms with van der Waals surface area (Å²) in [6.07, 6.45) is 2.36. The van der Waals surface area contributed by atoms with Gasteiger partial charge in [0.25, 0.3) is 23.6 Å². The second-order valence-electron chi connectivity index (χ2n) is 6.03. The number of carbonyl (C=O) groups is 4. The Balaban J connectivity index is 1.71. The van der Waals surface area contributed by atoms with E-state index in [1.807, 2.05) is 0 Å². The number of benzene rings is 2. The lowest BCUT2D eigenvalue weighted by molar-refractivity contribution is -0.119. The number of hydrogen-bond acceptors (Lipinski definition) is 6. The second kappa shape index (κ2) is 6.34. The van der Waals surface area contributed by atoms with E-state index in [1.165, 1.54) is 56.7 Å². The standard InChI is InChI=1S/C20H14N2O6/c1-27-14-8-7-13-17(18(14)28-2)20(26)22(19(13)25)12-5-3-11(4-6-12)21-15(23)9-10-16(21)24/h3-10H,1-2H3. The van der Waals surface area contributed by atoms with Crippen LogP contribution in [0.15, 0.2) is 48.6 Å². The van der Waals surface area contributed by atoms with Gasteiger partial charge in [-0.2, -0.15) is 0 Å². The van der Waals surface area contributed by atoms with E-state index in [1.54, 1.807) is 6.07 Å². The molecule has 0 unspecified atom stereocenters. The number of carbonyl (C=O) groups excluding carboxylic acids is 4. The molecule has 0 N–H and O–H groups in total. The number of methoxy groups -OCH3 is 2. The summed E-state index contributed by atoms with van der Waals surface area (Å²) in [4.78, 5) is 51.3. The molecule has 2 aromatic rings. The van der Waals surface area contributed by atoms with Gasteiger partial charge in [-0.05, 0) is 36.4 Å². The summed E-state index contributed by atoms with van der Waals surface area (Å²) in [6.45, 7) is 0. The molecular formula is C20H14N2O6. The molecular weight excluding hydrogens is 364 g/mol. The molecule has 140 valence electrons. The van der Waals surface area contributed by atoms with Crippen LogP contribution in [0.3, 0.4) is 0 Å². The zero-order valence-corrected chi connectivity index (χ0v) is 15.0. The van der Waals surface area contributed by atoms with Crippen LogP contribution in [-0.4, -0.2) is 37.8 Å². The van der Waals surface area contributed by atoms with Gasteiger partial charge in [0, 0.05) is 12.2 Å². The van der Waals surface area contributed by atoms with Gasteiger partial charge in [0.1, 0.15) is 0 Å². The minimum absolute atomic E-state index is 0.130. The van der Waals surface area contributed by atoms with Crippen molar-refractivity contribution in [3.63, 3.8) is 0 Å². The van der Waals surface area contributed by atoms with E-state index in [4.69, 9.17) is 9.47 Å². The molecule has 0 saturated carbocycles. The maximum Gasteiger partial charge on any atom is 0.270 e. The Morgan fingerprint density at radius 2 is 1.25 bits per heavy atom. The molecule has 0 atom stereocenters. The van der Waals surface area contributed by atoms with Crippen LogP contribution in [0, 0.1) is 0 Å². The number of nitrogens with zero attached hydrogens (tertiary/aromatic N) is 2. The quantitative estimate of drug-likeness (QED) is 0.755. The number of hydrogen-bond donors (Lipinski definition) is 0. The van der Waals surface area contributed by atoms with Crippen LogP contribution >= 0.6 is 0 Å². The molecule has 0 fully saturated rings. The van der Waals surface area contributed by atoms with Crippen molar-refractivity contribution in [2.45, 2.75) is 0 Å². The highest BCUT2D eigenvalue weighted by atomic mass is 16.5. The Morgan fingerprint density at radius 3 is 1.79 bits per heavy atom. The normalized spacial score (nSPS) is 15.5. The largest absolute Gasteiger partial charge is 0.493 e. The average molecular weight is 378 g/mol. The smallest absolute Gasteiger partial charge is 0.270 e. The molecule has 8 heteroatoms. The van der Waals surface area contributed by atoms with Crippen molar-refractivity contribution in [1.29, 1.82) is 0 Å². The number of anilines is 2. The Bertz CT molecular complexity index is 1050. The first-order chi connectivity index (χ1) is 13.5. The molecule has 2 heterocycles. The third kappa shape index (κ3) is 2.38. The highest BCUT2D eigenvalue weighted by Gasteiger charge is 2.40. The van der Waals surface area contributed by atoms with Crippen molar-refractivity contribution in [2.24, 2.45) is 0 Å². The van der Waals surface area contributed by atoms with E-state index in [9.17, 15) is 19.2 Å². The van der Waals surface area contributed by atoms with Crippen LogP contribution in [0.4, 0.5) is 11.4 Å². The first-order valence-corrected chi connectivity index (χ1v) is 8.28. The Kier molecular flexibility index (Phi) is 3.96. The summed E-state index contributed by atoms with van der Waals surface area (Å²) >= 11 is 0. The third-order valence-corrected chi connectivity index (χ3v) is 4.57. The molecule has 2 aromatic carbocycles. The summed E-state index contributed by atoms with van der Waals surface area (Å²) < 4.78 is 10.5. The van der Waals surface area contributed by atoms with Gasteiger partial charge in [-0.1, -0.05) is 0 Å². The van der Waals surface area contributed by atoms with E-state index in [0.29, 0.717) is 17.1 Å². The molecule has 0 aliphatic carbocycles. The van der Waals surface area contributed by atoms with Crippen LogP contribution < -0.4 is 19.3 Å². The first-order valence-electron chi connectivity index (χ1n) is 8.28. The minimum Gasteiger partial charge on any atom is -0.493 e. The summed E-state index contributed by atoms with van der Waals surface area (Å²) in [6, 6.07) is 9.07. The Morgan fingerprint density at radius 1 is 0.679 bits per heavy atom. The monoisotopic (exact) mass is 378 g/mol. The van der Waals surface area contributed by atoms with Crippen LogP contribution in [0.2, 0.25) is 0 Å². The molecule has 0 spiro atoms. The van der Waals surface area contributed by atoms with Crippen LogP contribution in [0.5, 0.6) is 11.5 Å². The number of amides is 4. The first kappa shape index (κ1) is 17.5. The lowest BCUT2D eigenvalue weighted by Gasteiger charge is -2.17. The zero-order valence-electron chi connectivity index (χ0n) is 15.0. The molecule has 0 radical (unpaired) electrons. The fourth-order valence-electron chi connectivity index (χ4n) is 3.28. The van der Waals surface area contributed by atoms with Crippen LogP contribution in [0.25, 0.3) is 0 Å². The van der Waals surface area contributed by atoms with E-state index in [2.05, 4.69) is 0 Å². The summed E-state index contributed by atoms with van der Waals surface area (Å²) in [5.74, 6) is -1.40. The lowest BCUT2D eigenvalue weighted by atomic mass is 10.1. The molecule has 4 amide bonds. The van der Waals surface area contributed by atoms with Gasteiger partial charge in [0.15, 0.2) is 11.5 Å². The van der Waals surface area contributed by atoms with E-state index >= 15 is 0 Å². The van der Waals surface area contributed by atoms with Crippen molar-refractivity contribution in [2.75, 3.05) is 24.0 Å². The van der Waals surface area contributed by atoms with Gasteiger partial charge in [0.05, 0.1) is 36.7 Å². The Hall–Kier alpha value is -3.94. The van der Waals surface area contributed by atoms with E-state index < -0.39 is 23.6 Å². The molecule has 4 rings (SSSR count). The zero-order chi connectivity index (χ0) is 20.0. The van der Waals surface area contributed by atoms with Crippen molar-refractivity contribution < 1.29 is 28.7 Å². The van der Waals surface area contributed by atoms with Crippen molar-refractivity contribution in [3.8, 4) is 11.5 Å². The molecule has 2 aliphatic heterocycles. The average Bonchev–Trinajstić information content (AvgIpc) is 3.17. The predicted molar refractivity (Wildman–Crippen MR) is 98.8 cm³/mol. The predicted octanol–water partition coefficient (Wildman–Crippen LogP) is 1.93. The number of rotatable bonds is 4. The number of ether oxygens (including phenoxy) is 2. The van der Waals surface area contributed by atoms with Crippen molar-refractivity contribution >= 4 is 35.0 Å². The van der Waals surface area contributed by atoms with E-state index in [0.717, 1.165) is 9.80 Å². The topological polar surface area (TPSA) is 93.2 Å². The molecule has 28 heavy (non-hydrogen) atoms. The second-order valence-corrected chi connectivity index (χ2v) is 6.03. The molecule has 0 bridgehead atoms. The van der Waals surface area contributed by atoms with Crippen molar-refractivity contribution in [3.05, 3.63) is 59.7 Å². The number of imide groups is 2. The van der Waals surface area contributed by atoms with Gasteiger partial charge in [-0.3, -0.25) is 19.2 Å². The van der Waals surface area contributed by atoms with Crippen LogP contribution in [0.1, 0.15) is 20.7 Å². The van der Waals surface area contributed by atoms with Crippen LogP contribution in [-0.2, 0) is 9.59 Å². The minimum atomic E-state index is -0.543. The highest BCUT2D eigenvalue weighted by molar-refractivity contribution is 6.35. The summed E-state index contributed by atoms with van der Waals surface area (Å²) in [5.41, 5.74) is 0.994. The Labute approximate surface area is 159 Å². The molecule has 8 nitrogen and oxygen atoms in total. The van der Waals surface area contributed by atoms with Gasteiger partial charge in [-0.25, -0.2) is 9.80 Å². The van der Waals surface area contributed by atoms with Crippen molar-refractivity contribution in [1.82, 2.24) is 0 Å². The lowest BCUT2D eigenvalue weighted by Crippen LogP contribution is -2.31. The highest BCUT2D eigenvalue weighted by Crippen LogP contribution is 2.40. The maximum absolute atomic E-state index is 12.9. The molecule has 0 aromatic heterocycles. The number of fused-ring (bicyclic) bond motifs is 1. The summed E-state index contributed by atoms with van der Waals surface area (Å²) in [5, 5.41) is 0. The fraction of sp³-hybridized carbons (Fsp3) is 0.100. The molecule has 0 saturated heterocycles. The molecule has 2 aliphatic rings. The van der Waals surface area contributed by atoms with Gasteiger partial charge < -0.3 is 9.47 Å².